The van der Waals surface area contributed by atoms with Gasteiger partial charge in [0.1, 0.15) is 6.61 Å². The number of rotatable bonds is 0. The van der Waals surface area contributed by atoms with E-state index in [1.807, 2.05) is 0 Å². The summed E-state index contributed by atoms with van der Waals surface area (Å²) in [5, 5.41) is 0. The Kier molecular flexibility index (Phi) is 1.84. The molecule has 0 saturated carbocycles. The highest BCUT2D eigenvalue weighted by Crippen LogP contribution is 2.35. The average Bonchev–Trinajstić information content (AvgIpc) is 1.77. The predicted molar refractivity (Wildman–Crippen MR) is 26.4 cm³/mol. The van der Waals surface area contributed by atoms with Gasteiger partial charge in [-0.25, -0.2) is 8.78 Å². The number of ether oxygens (including phenoxy) is 2. The Morgan fingerprint density at radius 1 is 1.36 bits per heavy atom. The highest BCUT2D eigenvalue weighted by atomic mass is 19.3. The minimum absolute atomic E-state index is 0.546. The lowest BCUT2D eigenvalue weighted by Crippen LogP contribution is -2.50. The molecule has 2 unspecified atom stereocenters. The van der Waals surface area contributed by atoms with E-state index in [9.17, 15) is 17.6 Å². The van der Waals surface area contributed by atoms with Crippen molar-refractivity contribution in [3.8, 4) is 0 Å². The van der Waals surface area contributed by atoms with Crippen LogP contribution in [0.3, 0.4) is 0 Å². The average molecular weight is 174 g/mol. The van der Waals surface area contributed by atoms with E-state index in [0.29, 0.717) is 6.92 Å². The Bertz CT molecular complexity index is 159. The van der Waals surface area contributed by atoms with Crippen LogP contribution in [0, 0.1) is 0 Å². The Hall–Kier alpha value is -0.360. The Morgan fingerprint density at radius 3 is 2.27 bits per heavy atom. The molecule has 0 aliphatic carbocycles. The van der Waals surface area contributed by atoms with Crippen LogP contribution in [-0.4, -0.2) is 24.9 Å². The lowest BCUT2D eigenvalue weighted by Gasteiger charge is -2.34. The molecule has 0 aromatic carbocycles. The fourth-order valence-corrected chi connectivity index (χ4v) is 0.687. The molecule has 1 saturated heterocycles. The molecule has 0 amide bonds. The van der Waals surface area contributed by atoms with Gasteiger partial charge in [0.05, 0.1) is 0 Å². The molecular formula is C5H6F4O2. The Balaban J connectivity index is 2.67. The van der Waals surface area contributed by atoms with Gasteiger partial charge in [-0.2, -0.15) is 8.78 Å². The molecule has 0 bridgehead atoms. The number of hydrogen-bond acceptors (Lipinski definition) is 2. The summed E-state index contributed by atoms with van der Waals surface area (Å²) in [5.41, 5.74) is 0. The molecule has 0 spiro atoms. The molecule has 0 radical (unpaired) electrons. The summed E-state index contributed by atoms with van der Waals surface area (Å²) in [6, 6.07) is 0. The van der Waals surface area contributed by atoms with Crippen LogP contribution in [0.2, 0.25) is 0 Å². The first-order valence-electron chi connectivity index (χ1n) is 2.86. The summed E-state index contributed by atoms with van der Waals surface area (Å²) >= 11 is 0. The molecule has 1 heterocycles. The quantitative estimate of drug-likeness (QED) is 0.519. The van der Waals surface area contributed by atoms with Gasteiger partial charge in [0.2, 0.25) is 0 Å². The van der Waals surface area contributed by atoms with Gasteiger partial charge in [0, 0.05) is 6.92 Å². The third kappa shape index (κ3) is 1.81. The van der Waals surface area contributed by atoms with Crippen LogP contribution in [0.1, 0.15) is 6.92 Å². The van der Waals surface area contributed by atoms with E-state index in [4.69, 9.17) is 0 Å². The van der Waals surface area contributed by atoms with Crippen molar-refractivity contribution in [1.29, 1.82) is 0 Å². The van der Waals surface area contributed by atoms with E-state index in [0.717, 1.165) is 0 Å². The predicted octanol–water partition coefficient (Wildman–Crippen LogP) is 1.61. The van der Waals surface area contributed by atoms with Crippen molar-refractivity contribution in [3.05, 3.63) is 0 Å². The minimum Gasteiger partial charge on any atom is -0.335 e. The molecule has 1 rings (SSSR count). The maximum Gasteiger partial charge on any atom is 0.381 e. The molecule has 0 N–H and O–H groups in total. The largest absolute Gasteiger partial charge is 0.381 e. The van der Waals surface area contributed by atoms with Crippen LogP contribution in [0.4, 0.5) is 17.6 Å². The molecule has 2 atom stereocenters. The lowest BCUT2D eigenvalue weighted by atomic mass is 10.3. The van der Waals surface area contributed by atoms with Crippen molar-refractivity contribution in [2.75, 3.05) is 6.61 Å². The second-order valence-corrected chi connectivity index (χ2v) is 2.35. The third-order valence-electron chi connectivity index (χ3n) is 1.15. The second-order valence-electron chi connectivity index (χ2n) is 2.35. The van der Waals surface area contributed by atoms with Gasteiger partial charge < -0.3 is 4.74 Å². The fraction of sp³-hybridized carbons (Fsp3) is 1.00. The molecule has 1 aliphatic rings. The van der Waals surface area contributed by atoms with E-state index in [1.165, 1.54) is 0 Å². The summed E-state index contributed by atoms with van der Waals surface area (Å²) < 4.78 is 56.3. The van der Waals surface area contributed by atoms with E-state index in [1.54, 1.807) is 0 Å². The maximum absolute atomic E-state index is 12.6. The lowest BCUT2D eigenvalue weighted by molar-refractivity contribution is -0.423. The molecule has 66 valence electrons. The number of hydrogen-bond donors (Lipinski definition) is 0. The molecular weight excluding hydrogens is 168 g/mol. The monoisotopic (exact) mass is 174 g/mol. The van der Waals surface area contributed by atoms with Gasteiger partial charge in [0.25, 0.3) is 12.2 Å². The molecule has 6 heteroatoms. The molecule has 1 fully saturated rings. The van der Waals surface area contributed by atoms with Crippen molar-refractivity contribution in [1.82, 2.24) is 0 Å². The van der Waals surface area contributed by atoms with E-state index >= 15 is 0 Å². The highest BCUT2D eigenvalue weighted by Gasteiger charge is 2.52. The molecule has 1 aliphatic heterocycles. The van der Waals surface area contributed by atoms with Crippen LogP contribution < -0.4 is 0 Å². The number of halogens is 4. The summed E-state index contributed by atoms with van der Waals surface area (Å²) in [5.74, 6) is -3.07. The summed E-state index contributed by atoms with van der Waals surface area (Å²) in [4.78, 5) is 0. The first-order valence-corrected chi connectivity index (χ1v) is 2.86. The van der Waals surface area contributed by atoms with Crippen LogP contribution in [-0.2, 0) is 9.47 Å². The summed E-state index contributed by atoms with van der Waals surface area (Å²) in [6.07, 6.45) is -6.20. The third-order valence-corrected chi connectivity index (χ3v) is 1.15. The SMILES string of the molecule is CC1(F)OC(F)(F)COC1F. The van der Waals surface area contributed by atoms with Gasteiger partial charge in [-0.15, -0.1) is 0 Å². The smallest absolute Gasteiger partial charge is 0.335 e. The molecule has 2 nitrogen and oxygen atoms in total. The Labute approximate surface area is 60.1 Å². The van der Waals surface area contributed by atoms with Gasteiger partial charge >= 0.3 is 6.11 Å². The van der Waals surface area contributed by atoms with Gasteiger partial charge in [-0.05, 0) is 0 Å². The van der Waals surface area contributed by atoms with Crippen LogP contribution >= 0.6 is 0 Å². The topological polar surface area (TPSA) is 18.5 Å². The fourth-order valence-electron chi connectivity index (χ4n) is 0.687. The van der Waals surface area contributed by atoms with Crippen molar-refractivity contribution < 1.29 is 27.0 Å². The second kappa shape index (κ2) is 2.31. The summed E-state index contributed by atoms with van der Waals surface area (Å²) in [6.45, 7) is -0.710. The van der Waals surface area contributed by atoms with Gasteiger partial charge in [-0.1, -0.05) is 0 Å². The molecule has 0 aromatic rings. The normalized spacial score (nSPS) is 43.9. The van der Waals surface area contributed by atoms with Crippen molar-refractivity contribution in [2.45, 2.75) is 25.2 Å². The van der Waals surface area contributed by atoms with Crippen LogP contribution in [0.25, 0.3) is 0 Å². The summed E-state index contributed by atoms with van der Waals surface area (Å²) in [7, 11) is 0. The minimum atomic E-state index is -3.74. The zero-order valence-electron chi connectivity index (χ0n) is 5.61. The zero-order valence-corrected chi connectivity index (χ0v) is 5.61. The molecule has 11 heavy (non-hydrogen) atoms. The van der Waals surface area contributed by atoms with Crippen molar-refractivity contribution in [2.24, 2.45) is 0 Å². The van der Waals surface area contributed by atoms with Gasteiger partial charge in [-0.3, -0.25) is 4.74 Å². The Morgan fingerprint density at radius 2 is 1.91 bits per heavy atom. The maximum atomic E-state index is 12.6. The van der Waals surface area contributed by atoms with E-state index in [2.05, 4.69) is 9.47 Å². The first-order chi connectivity index (χ1) is 4.83. The standard InChI is InChI=1S/C5H6F4O2/c1-4(7)3(6)10-2-5(8,9)11-4/h3H,2H2,1H3. The van der Waals surface area contributed by atoms with Crippen molar-refractivity contribution >= 4 is 0 Å². The van der Waals surface area contributed by atoms with Crippen LogP contribution in [0.15, 0.2) is 0 Å². The van der Waals surface area contributed by atoms with Crippen molar-refractivity contribution in [3.63, 3.8) is 0 Å². The van der Waals surface area contributed by atoms with E-state index in [-0.39, 0.29) is 0 Å². The van der Waals surface area contributed by atoms with Crippen LogP contribution in [0.5, 0.6) is 0 Å². The zero-order chi connectivity index (χ0) is 8.70. The number of alkyl halides is 4. The first kappa shape index (κ1) is 8.73. The highest BCUT2D eigenvalue weighted by molar-refractivity contribution is 4.73. The van der Waals surface area contributed by atoms with Gasteiger partial charge in [0.15, 0.2) is 0 Å². The van der Waals surface area contributed by atoms with E-state index < -0.39 is 24.9 Å². The molecule has 0 aromatic heterocycles.